The van der Waals surface area contributed by atoms with Crippen LogP contribution in [-0.2, 0) is 46.3 Å². The van der Waals surface area contributed by atoms with Crippen LogP contribution in [0, 0.1) is 5.92 Å². The van der Waals surface area contributed by atoms with Crippen LogP contribution < -0.4 is 11.4 Å². The van der Waals surface area contributed by atoms with E-state index in [0.717, 1.165) is 55.7 Å². The molecule has 2 rings (SSSR count). The molecule has 4 unspecified atom stereocenters. The van der Waals surface area contributed by atoms with Crippen molar-refractivity contribution in [2.24, 2.45) is 5.92 Å². The molecule has 384 valence electrons. The first kappa shape index (κ1) is 60.0. The predicted octanol–water partition coefficient (Wildman–Crippen LogP) is 6.63. The maximum atomic E-state index is 12.8. The molecule has 1 fully saturated rings. The first-order valence-corrected chi connectivity index (χ1v) is 26.5. The number of hydrogen-bond donors (Lipinski definition) is 7. The highest BCUT2D eigenvalue weighted by Crippen LogP contribution is 2.60. The molecule has 0 aromatic carbocycles. The number of phosphoric acid groups is 2. The Morgan fingerprint density at radius 2 is 1.43 bits per heavy atom. The van der Waals surface area contributed by atoms with Crippen LogP contribution >= 0.6 is 15.6 Å². The van der Waals surface area contributed by atoms with Gasteiger partial charge in [0, 0.05) is 19.0 Å². The lowest BCUT2D eigenvalue weighted by Crippen LogP contribution is -2.36. The van der Waals surface area contributed by atoms with Gasteiger partial charge in [-0.2, -0.15) is 9.29 Å². The molecule has 0 aliphatic carbocycles. The zero-order valence-corrected chi connectivity index (χ0v) is 41.1. The Hall–Kier alpha value is -3.10. The zero-order valence-electron chi connectivity index (χ0n) is 39.3. The third-order valence-electron chi connectivity index (χ3n) is 10.6. The average Bonchev–Trinajstić information content (AvgIpc) is 3.54. The topological polar surface area (TPSA) is 306 Å². The largest absolute Gasteiger partial charge is 0.481 e. The van der Waals surface area contributed by atoms with Gasteiger partial charge in [-0.15, -0.1) is 0 Å². The lowest BCUT2D eigenvalue weighted by Gasteiger charge is -2.22. The number of carbonyl (C=O) groups excluding carboxylic acids is 2. The summed E-state index contributed by atoms with van der Waals surface area (Å²) in [7, 11) is -11.0. The highest BCUT2D eigenvalue weighted by molar-refractivity contribution is 7.61. The number of aliphatic hydroxyl groups is 4. The number of aromatic nitrogens is 2. The van der Waals surface area contributed by atoms with E-state index in [1.54, 1.807) is 6.08 Å². The minimum atomic E-state index is -5.49. The minimum absolute atomic E-state index is 0.0355. The fourth-order valence-corrected chi connectivity index (χ4v) is 8.89. The van der Waals surface area contributed by atoms with Crippen molar-refractivity contribution in [1.82, 2.24) is 9.55 Å². The Morgan fingerprint density at radius 1 is 0.806 bits per heavy atom. The van der Waals surface area contributed by atoms with Crippen LogP contribution in [0.4, 0.5) is 5.82 Å². The van der Waals surface area contributed by atoms with Crippen LogP contribution in [0.15, 0.2) is 53.5 Å². The summed E-state index contributed by atoms with van der Waals surface area (Å²) in [5.74, 6) is -0.925. The van der Waals surface area contributed by atoms with Crippen molar-refractivity contribution in [1.29, 1.82) is 0 Å². The van der Waals surface area contributed by atoms with Gasteiger partial charge in [-0.1, -0.05) is 115 Å². The fourth-order valence-electron chi connectivity index (χ4n) is 6.78. The Kier molecular flexibility index (Phi) is 30.0. The predicted molar refractivity (Wildman–Crippen MR) is 250 cm³/mol. The number of ether oxygens (including phenoxy) is 3. The molecule has 22 heteroatoms. The van der Waals surface area contributed by atoms with E-state index in [1.807, 2.05) is 12.2 Å². The van der Waals surface area contributed by atoms with Crippen LogP contribution in [0.2, 0.25) is 0 Å². The van der Waals surface area contributed by atoms with Crippen LogP contribution in [0.1, 0.15) is 149 Å². The number of anilines is 1. The molecule has 67 heavy (non-hydrogen) atoms. The normalized spacial score (nSPS) is 20.9. The number of carbonyl (C=O) groups is 2. The van der Waals surface area contributed by atoms with Crippen LogP contribution in [0.25, 0.3) is 0 Å². The van der Waals surface area contributed by atoms with Gasteiger partial charge in [0.2, 0.25) is 0 Å². The molecule has 0 spiro atoms. The monoisotopic (exact) mass is 993 g/mol. The van der Waals surface area contributed by atoms with Gasteiger partial charge in [0.25, 0.3) is 0 Å². The second-order valence-electron chi connectivity index (χ2n) is 17.0. The number of hydrogen-bond acceptors (Lipinski definition) is 17. The summed E-state index contributed by atoms with van der Waals surface area (Å²) in [6.45, 7) is 4.02. The molecule has 1 aromatic rings. The Labute approximate surface area is 394 Å². The third-order valence-corrected chi connectivity index (χ3v) is 13.2. The van der Waals surface area contributed by atoms with E-state index in [0.29, 0.717) is 18.8 Å². The van der Waals surface area contributed by atoms with E-state index in [9.17, 15) is 53.7 Å². The average molecular weight is 994 g/mol. The molecule has 0 radical (unpaired) electrons. The molecule has 1 saturated heterocycles. The van der Waals surface area contributed by atoms with Gasteiger partial charge in [-0.3, -0.25) is 23.2 Å². The number of nitrogen functional groups attached to an aromatic ring is 1. The van der Waals surface area contributed by atoms with Crippen molar-refractivity contribution >= 4 is 33.4 Å². The van der Waals surface area contributed by atoms with Crippen molar-refractivity contribution in [3.05, 3.63) is 59.2 Å². The SMILES string of the molecule is CCCCC/C=C\C/C=C\C/C=C\CC(O)C(O)CCCC(=O)O[C@H](COC(=O)CCCCCCCCCC(C)C)COP(=O)(O)OP(=O)(O)OC[C@H]1O[C@@H](n2ccc(N)nc2=O)[C@H](O)[C@@H]1O. The summed E-state index contributed by atoms with van der Waals surface area (Å²) < 4.78 is 56.3. The lowest BCUT2D eigenvalue weighted by atomic mass is 10.0. The highest BCUT2D eigenvalue weighted by Gasteiger charge is 2.46. The molecule has 9 atom stereocenters. The molecule has 0 saturated carbocycles. The highest BCUT2D eigenvalue weighted by atomic mass is 31.3. The van der Waals surface area contributed by atoms with Crippen LogP contribution in [0.5, 0.6) is 0 Å². The van der Waals surface area contributed by atoms with Gasteiger partial charge in [-0.05, 0) is 63.4 Å². The summed E-state index contributed by atoms with van der Waals surface area (Å²) in [5, 5.41) is 41.7. The van der Waals surface area contributed by atoms with Crippen molar-refractivity contribution < 1.29 is 76.5 Å². The number of phosphoric ester groups is 2. The Morgan fingerprint density at radius 3 is 2.10 bits per heavy atom. The molecule has 1 aliphatic rings. The Bertz CT molecular complexity index is 1810. The standard InChI is InChI=1S/C45H77N3O17P2/c1-4-5-6-7-8-9-10-11-12-15-18-21-25-36(49)37(50)26-23-28-41(52)63-35(31-60-40(51)27-22-19-16-13-14-17-20-24-34(2)3)32-61-66(56,57)65-67(58,59)62-33-38-42(53)43(54)44(64-38)48-30-29-39(46)47-45(48)55/h8-9,11-12,18,21,29-30,34-38,42-44,49-50,53-54H,4-7,10,13-17,19-20,22-28,31-33H2,1-3H3,(H,56,57)(H,58,59)(H2,46,47,55)/b9-8-,12-11-,21-18-/t35-,36?,37?,38-,42-,43-,44-/m1/s1. The molecular formula is C45H77N3O17P2. The summed E-state index contributed by atoms with van der Waals surface area (Å²) in [5.41, 5.74) is 4.55. The van der Waals surface area contributed by atoms with Crippen LogP contribution in [0.3, 0.4) is 0 Å². The van der Waals surface area contributed by atoms with Crippen molar-refractivity contribution in [3.63, 3.8) is 0 Å². The number of aliphatic hydroxyl groups excluding tert-OH is 4. The number of rotatable bonds is 37. The number of unbranched alkanes of at least 4 members (excludes halogenated alkanes) is 9. The van der Waals surface area contributed by atoms with Crippen molar-refractivity contribution in [2.75, 3.05) is 25.6 Å². The summed E-state index contributed by atoms with van der Waals surface area (Å²) in [6, 6.07) is 1.23. The zero-order chi connectivity index (χ0) is 49.7. The van der Waals surface area contributed by atoms with E-state index in [2.05, 4.69) is 48.3 Å². The Balaban J connectivity index is 1.90. The summed E-state index contributed by atoms with van der Waals surface area (Å²) in [6.07, 6.45) is 17.3. The molecule has 1 aromatic heterocycles. The van der Waals surface area contributed by atoms with Gasteiger partial charge in [0.05, 0.1) is 25.4 Å². The second kappa shape index (κ2) is 33.4. The van der Waals surface area contributed by atoms with Crippen molar-refractivity contribution in [3.8, 4) is 0 Å². The van der Waals surface area contributed by atoms with E-state index in [-0.39, 0.29) is 37.9 Å². The molecule has 8 N–H and O–H groups in total. The summed E-state index contributed by atoms with van der Waals surface area (Å²) >= 11 is 0. The smallest absolute Gasteiger partial charge is 0.462 e. The molecule has 20 nitrogen and oxygen atoms in total. The molecule has 0 bridgehead atoms. The van der Waals surface area contributed by atoms with E-state index in [1.165, 1.54) is 38.2 Å². The maximum absolute atomic E-state index is 12.8. The van der Waals surface area contributed by atoms with E-state index in [4.69, 9.17) is 29.0 Å². The second-order valence-corrected chi connectivity index (χ2v) is 20.1. The molecule has 1 aliphatic heterocycles. The number of nitrogens with zero attached hydrogens (tertiary/aromatic N) is 2. The third kappa shape index (κ3) is 27.0. The molecular weight excluding hydrogens is 916 g/mol. The van der Waals surface area contributed by atoms with Crippen LogP contribution in [-0.4, -0.2) is 108 Å². The number of nitrogens with two attached hydrogens (primary N) is 1. The first-order valence-electron chi connectivity index (χ1n) is 23.5. The lowest BCUT2D eigenvalue weighted by molar-refractivity contribution is -0.161. The van der Waals surface area contributed by atoms with Crippen molar-refractivity contribution in [2.45, 2.75) is 186 Å². The van der Waals surface area contributed by atoms with E-state index >= 15 is 0 Å². The summed E-state index contributed by atoms with van der Waals surface area (Å²) in [4.78, 5) is 61.7. The number of esters is 2. The van der Waals surface area contributed by atoms with Gasteiger partial charge < -0.3 is 50.2 Å². The molecule has 2 heterocycles. The van der Waals surface area contributed by atoms with Gasteiger partial charge >= 0.3 is 33.3 Å². The number of allylic oxidation sites excluding steroid dienone is 5. The fraction of sp³-hybridized carbons (Fsp3) is 0.733. The minimum Gasteiger partial charge on any atom is -0.462 e. The quantitative estimate of drug-likeness (QED) is 0.0159. The van der Waals surface area contributed by atoms with Gasteiger partial charge in [0.15, 0.2) is 12.3 Å². The first-order chi connectivity index (χ1) is 31.8. The van der Waals surface area contributed by atoms with Gasteiger partial charge in [0.1, 0.15) is 30.7 Å². The van der Waals surface area contributed by atoms with Gasteiger partial charge in [-0.25, -0.2) is 13.9 Å². The van der Waals surface area contributed by atoms with E-state index < -0.39 is 95.9 Å². The maximum Gasteiger partial charge on any atom is 0.481 e. The molecule has 0 amide bonds.